The van der Waals surface area contributed by atoms with Gasteiger partial charge < -0.3 is 0 Å². The van der Waals surface area contributed by atoms with Crippen molar-refractivity contribution in [3.63, 3.8) is 0 Å². The van der Waals surface area contributed by atoms with E-state index in [2.05, 4.69) is 10.1 Å². The number of nitro groups is 1. The smallest absolute Gasteiger partial charge is 0.258 e. The molecular weight excluding hydrogens is 317 g/mol. The summed E-state index contributed by atoms with van der Waals surface area (Å²) >= 11 is 0. The highest BCUT2D eigenvalue weighted by atomic mass is 32.2. The standard InChI is InChI=1S/C7H4F5N3O4S/c8-6(9)3-5(20(13,18)19)4(15(16)17)2(1-14-3)7(10,11)12/h1,6H,(H2,13,18,19). The first kappa shape index (κ1) is 16.2. The van der Waals surface area contributed by atoms with Crippen molar-refractivity contribution in [2.45, 2.75) is 17.5 Å². The first-order valence-corrected chi connectivity index (χ1v) is 5.97. The number of nitrogens with zero attached hydrogens (tertiary/aromatic N) is 2. The van der Waals surface area contributed by atoms with Crippen LogP contribution in [0.15, 0.2) is 11.1 Å². The second-order valence-electron chi connectivity index (χ2n) is 3.34. The number of pyridine rings is 1. The van der Waals surface area contributed by atoms with Gasteiger partial charge in [0.25, 0.3) is 6.43 Å². The Morgan fingerprint density at radius 3 is 2.15 bits per heavy atom. The summed E-state index contributed by atoms with van der Waals surface area (Å²) in [7, 11) is -5.22. The van der Waals surface area contributed by atoms with Gasteiger partial charge in [-0.25, -0.2) is 22.3 Å². The zero-order chi connectivity index (χ0) is 15.9. The molecule has 0 aliphatic heterocycles. The van der Waals surface area contributed by atoms with E-state index in [9.17, 15) is 40.5 Å². The summed E-state index contributed by atoms with van der Waals surface area (Å²) in [6.45, 7) is 0. The summed E-state index contributed by atoms with van der Waals surface area (Å²) in [6, 6.07) is 0. The van der Waals surface area contributed by atoms with Crippen molar-refractivity contribution < 1.29 is 35.3 Å². The molecule has 0 unspecified atom stereocenters. The molecule has 7 nitrogen and oxygen atoms in total. The molecule has 0 aliphatic carbocycles. The molecule has 0 spiro atoms. The topological polar surface area (TPSA) is 116 Å². The van der Waals surface area contributed by atoms with Crippen molar-refractivity contribution in [1.29, 1.82) is 0 Å². The molecule has 0 bridgehead atoms. The average molecular weight is 321 g/mol. The highest BCUT2D eigenvalue weighted by Crippen LogP contribution is 2.41. The van der Waals surface area contributed by atoms with Crippen LogP contribution in [0.1, 0.15) is 17.7 Å². The molecule has 1 aromatic heterocycles. The molecule has 0 fully saturated rings. The first-order valence-electron chi connectivity index (χ1n) is 4.42. The molecule has 1 aromatic rings. The fourth-order valence-electron chi connectivity index (χ4n) is 1.32. The van der Waals surface area contributed by atoms with Crippen molar-refractivity contribution in [3.05, 3.63) is 27.6 Å². The third kappa shape index (κ3) is 2.98. The molecule has 0 saturated heterocycles. The molecule has 1 rings (SSSR count). The number of halogens is 5. The predicted molar refractivity (Wildman–Crippen MR) is 52.2 cm³/mol. The van der Waals surface area contributed by atoms with Crippen LogP contribution in [-0.4, -0.2) is 18.3 Å². The SMILES string of the molecule is NS(=O)(=O)c1c(C(F)F)ncc(C(F)(F)F)c1[N+](=O)[O-]. The van der Waals surface area contributed by atoms with Crippen molar-refractivity contribution in [1.82, 2.24) is 4.98 Å². The van der Waals surface area contributed by atoms with E-state index in [1.54, 1.807) is 0 Å². The summed E-state index contributed by atoms with van der Waals surface area (Å²) in [5, 5.41) is 15.1. The molecule has 0 radical (unpaired) electrons. The second kappa shape index (κ2) is 4.90. The van der Waals surface area contributed by atoms with Crippen LogP contribution in [0.3, 0.4) is 0 Å². The molecule has 2 N–H and O–H groups in total. The van der Waals surface area contributed by atoms with Gasteiger partial charge in [0.1, 0.15) is 5.69 Å². The van der Waals surface area contributed by atoms with Gasteiger partial charge in [-0.2, -0.15) is 13.2 Å². The molecule has 0 saturated carbocycles. The average Bonchev–Trinajstić information content (AvgIpc) is 2.24. The monoisotopic (exact) mass is 321 g/mol. The fourth-order valence-corrected chi connectivity index (χ4v) is 2.21. The Bertz CT molecular complexity index is 657. The Labute approximate surface area is 107 Å². The lowest BCUT2D eigenvalue weighted by atomic mass is 10.2. The van der Waals surface area contributed by atoms with Crippen molar-refractivity contribution >= 4 is 15.7 Å². The van der Waals surface area contributed by atoms with Crippen molar-refractivity contribution in [2.24, 2.45) is 5.14 Å². The largest absolute Gasteiger partial charge is 0.424 e. The number of alkyl halides is 5. The van der Waals surface area contributed by atoms with E-state index in [4.69, 9.17) is 0 Å². The fraction of sp³-hybridized carbons (Fsp3) is 0.286. The van der Waals surface area contributed by atoms with E-state index in [1.165, 1.54) is 0 Å². The van der Waals surface area contributed by atoms with Crippen LogP contribution in [0.5, 0.6) is 0 Å². The minimum absolute atomic E-state index is 0.242. The van der Waals surface area contributed by atoms with Gasteiger partial charge in [0.05, 0.1) is 4.92 Å². The number of hydrogen-bond acceptors (Lipinski definition) is 5. The van der Waals surface area contributed by atoms with Crippen LogP contribution in [0, 0.1) is 10.1 Å². The minimum Gasteiger partial charge on any atom is -0.258 e. The van der Waals surface area contributed by atoms with Crippen molar-refractivity contribution in [2.75, 3.05) is 0 Å². The van der Waals surface area contributed by atoms with Crippen LogP contribution in [0.2, 0.25) is 0 Å². The van der Waals surface area contributed by atoms with Crippen LogP contribution >= 0.6 is 0 Å². The highest BCUT2D eigenvalue weighted by molar-refractivity contribution is 7.89. The zero-order valence-electron chi connectivity index (χ0n) is 9.06. The van der Waals surface area contributed by atoms with Gasteiger partial charge in [0.2, 0.25) is 10.0 Å². The maximum absolute atomic E-state index is 12.5. The lowest BCUT2D eigenvalue weighted by Crippen LogP contribution is -2.21. The van der Waals surface area contributed by atoms with Crippen LogP contribution < -0.4 is 5.14 Å². The summed E-state index contributed by atoms with van der Waals surface area (Å²) in [5.41, 5.74) is -5.88. The van der Waals surface area contributed by atoms with Gasteiger partial charge in [-0.15, -0.1) is 0 Å². The first-order chi connectivity index (χ1) is 8.87. The third-order valence-electron chi connectivity index (χ3n) is 2.01. The number of sulfonamides is 1. The van der Waals surface area contributed by atoms with Gasteiger partial charge in [-0.1, -0.05) is 0 Å². The Kier molecular flexibility index (Phi) is 3.96. The molecule has 0 aliphatic rings. The Balaban J connectivity index is 3.96. The number of hydrogen-bond donors (Lipinski definition) is 1. The van der Waals surface area contributed by atoms with E-state index in [1.807, 2.05) is 0 Å². The summed E-state index contributed by atoms with van der Waals surface area (Å²) in [4.78, 5) is 9.54. The molecule has 20 heavy (non-hydrogen) atoms. The lowest BCUT2D eigenvalue weighted by molar-refractivity contribution is -0.391. The maximum atomic E-state index is 12.5. The summed E-state index contributed by atoms with van der Waals surface area (Å²) < 4.78 is 84.9. The van der Waals surface area contributed by atoms with Crippen LogP contribution in [0.25, 0.3) is 0 Å². The predicted octanol–water partition coefficient (Wildman–Crippen LogP) is 1.59. The molecule has 0 amide bonds. The Morgan fingerprint density at radius 2 is 1.85 bits per heavy atom. The van der Waals surface area contributed by atoms with E-state index in [-0.39, 0.29) is 6.20 Å². The molecule has 0 atom stereocenters. The van der Waals surface area contributed by atoms with E-state index in [0.29, 0.717) is 0 Å². The normalized spacial score (nSPS) is 12.8. The van der Waals surface area contributed by atoms with E-state index < -0.39 is 49.4 Å². The molecule has 1 heterocycles. The van der Waals surface area contributed by atoms with E-state index >= 15 is 0 Å². The number of aromatic nitrogens is 1. The van der Waals surface area contributed by atoms with Crippen LogP contribution in [-0.2, 0) is 16.2 Å². The minimum atomic E-state index is -5.37. The zero-order valence-corrected chi connectivity index (χ0v) is 9.87. The maximum Gasteiger partial charge on any atom is 0.424 e. The lowest BCUT2D eigenvalue weighted by Gasteiger charge is -2.12. The number of nitrogens with two attached hydrogens (primary N) is 1. The van der Waals surface area contributed by atoms with Gasteiger partial charge >= 0.3 is 11.9 Å². The van der Waals surface area contributed by atoms with Crippen molar-refractivity contribution in [3.8, 4) is 0 Å². The summed E-state index contributed by atoms with van der Waals surface area (Å²) in [5.74, 6) is 0. The summed E-state index contributed by atoms with van der Waals surface area (Å²) in [6.07, 6.45) is -9.27. The molecule has 112 valence electrons. The quantitative estimate of drug-likeness (QED) is 0.515. The van der Waals surface area contributed by atoms with Gasteiger partial charge in [-0.05, 0) is 0 Å². The third-order valence-corrected chi connectivity index (χ3v) is 2.99. The molecule has 13 heteroatoms. The highest BCUT2D eigenvalue weighted by Gasteiger charge is 2.45. The van der Waals surface area contributed by atoms with E-state index in [0.717, 1.165) is 0 Å². The number of rotatable bonds is 3. The second-order valence-corrected chi connectivity index (χ2v) is 4.83. The number of primary sulfonamides is 1. The van der Waals surface area contributed by atoms with Gasteiger partial charge in [-0.3, -0.25) is 15.1 Å². The Hall–Kier alpha value is -1.89. The van der Waals surface area contributed by atoms with Gasteiger partial charge in [0, 0.05) is 6.20 Å². The molecule has 0 aromatic carbocycles. The molecular formula is C7H4F5N3O4S. The van der Waals surface area contributed by atoms with Gasteiger partial charge in [0.15, 0.2) is 10.5 Å². The van der Waals surface area contributed by atoms with Crippen LogP contribution in [0.4, 0.5) is 27.6 Å². The Morgan fingerprint density at radius 1 is 1.35 bits per heavy atom.